The second kappa shape index (κ2) is 14.7. The minimum Gasteiger partial charge on any atom is -0.476 e. The fraction of sp³-hybridized carbons (Fsp3) is 0.323. The van der Waals surface area contributed by atoms with Gasteiger partial charge in [-0.15, -0.1) is 0 Å². The van der Waals surface area contributed by atoms with Gasteiger partial charge in [0, 0.05) is 44.4 Å². The lowest BCUT2D eigenvalue weighted by molar-refractivity contribution is -0.130. The van der Waals surface area contributed by atoms with E-state index in [1.54, 1.807) is 61.6 Å². The molecule has 2 aromatic carbocycles. The van der Waals surface area contributed by atoms with Crippen molar-refractivity contribution < 1.29 is 32.2 Å². The van der Waals surface area contributed by atoms with Crippen LogP contribution in [-0.4, -0.2) is 77.2 Å². The molecule has 0 aliphatic carbocycles. The summed E-state index contributed by atoms with van der Waals surface area (Å²) < 4.78 is 61.8. The zero-order chi connectivity index (χ0) is 30.8. The minimum absolute atomic E-state index is 0.0251. The lowest BCUT2D eigenvalue weighted by atomic mass is 9.88. The first-order chi connectivity index (χ1) is 20.7. The molecular weight excluding hydrogens is 566 g/mol. The van der Waals surface area contributed by atoms with Gasteiger partial charge in [0.1, 0.15) is 6.61 Å². The molecule has 0 aliphatic heterocycles. The van der Waals surface area contributed by atoms with Crippen LogP contribution in [0.2, 0.25) is 0 Å². The Morgan fingerprint density at radius 2 is 1.81 bits per heavy atom. The summed E-state index contributed by atoms with van der Waals surface area (Å²) >= 11 is 0. The van der Waals surface area contributed by atoms with Gasteiger partial charge < -0.3 is 20.1 Å². The number of aromatic nitrogens is 3. The van der Waals surface area contributed by atoms with E-state index < -0.39 is 18.5 Å². The first-order valence-electron chi connectivity index (χ1n) is 13.8. The Morgan fingerprint density at radius 1 is 1.05 bits per heavy atom. The van der Waals surface area contributed by atoms with Crippen molar-refractivity contribution in [3.8, 4) is 5.88 Å². The van der Waals surface area contributed by atoms with Gasteiger partial charge >= 0.3 is 6.18 Å². The fourth-order valence-corrected chi connectivity index (χ4v) is 4.62. The number of alkyl halides is 3. The summed E-state index contributed by atoms with van der Waals surface area (Å²) in [6.45, 7) is 1.61. The maximum absolute atomic E-state index is 14.4. The van der Waals surface area contributed by atoms with Crippen LogP contribution in [0.5, 0.6) is 5.88 Å². The van der Waals surface area contributed by atoms with Gasteiger partial charge in [0.2, 0.25) is 17.7 Å². The van der Waals surface area contributed by atoms with Gasteiger partial charge in [0.05, 0.1) is 23.9 Å². The number of hydrogen-bond donors (Lipinski definition) is 3. The van der Waals surface area contributed by atoms with Crippen molar-refractivity contribution in [3.63, 3.8) is 0 Å². The van der Waals surface area contributed by atoms with Gasteiger partial charge in [-0.3, -0.25) is 9.89 Å². The van der Waals surface area contributed by atoms with Crippen molar-refractivity contribution in [2.75, 3.05) is 39.9 Å². The Bertz CT molecular complexity index is 1520. The Kier molecular flexibility index (Phi) is 10.8. The van der Waals surface area contributed by atoms with Crippen molar-refractivity contribution in [2.24, 2.45) is 0 Å². The molecule has 3 N–H and O–H groups in total. The number of nitrogens with zero attached hydrogens (tertiary/aromatic N) is 3. The molecule has 0 aliphatic rings. The quantitative estimate of drug-likeness (QED) is 0.105. The number of H-pyrrole nitrogens is 1. The zero-order valence-electron chi connectivity index (χ0n) is 23.6. The monoisotopic (exact) mass is 599 g/mol. The van der Waals surface area contributed by atoms with E-state index in [1.807, 2.05) is 0 Å². The molecule has 12 heteroatoms. The SMILES string of the molecule is CN(CCO)C(=O)CCCNCCOc1ccc(/C(=C(/CC(F)(F)F)c2ccccc2)c2ccc3n[nH]c(F)c3c2)cn1. The number of nitrogens with one attached hydrogen (secondary N) is 2. The third-order valence-electron chi connectivity index (χ3n) is 6.76. The average molecular weight is 600 g/mol. The van der Waals surface area contributed by atoms with Crippen molar-refractivity contribution in [2.45, 2.75) is 25.4 Å². The van der Waals surface area contributed by atoms with Crippen LogP contribution in [-0.2, 0) is 4.79 Å². The second-order valence-corrected chi connectivity index (χ2v) is 9.91. The number of carbonyl (C=O) groups is 1. The number of halogens is 4. The maximum atomic E-state index is 14.4. The number of allylic oxidation sites excluding steroid dienone is 1. The van der Waals surface area contributed by atoms with Crippen LogP contribution in [0.15, 0.2) is 66.9 Å². The largest absolute Gasteiger partial charge is 0.476 e. The number of pyridine rings is 1. The number of ether oxygens (including phenoxy) is 1. The van der Waals surface area contributed by atoms with E-state index in [0.717, 1.165) is 0 Å². The number of amides is 1. The third kappa shape index (κ3) is 8.85. The summed E-state index contributed by atoms with van der Waals surface area (Å²) in [5.41, 5.74) is 1.83. The van der Waals surface area contributed by atoms with Crippen LogP contribution in [0.1, 0.15) is 36.0 Å². The van der Waals surface area contributed by atoms with Crippen molar-refractivity contribution in [3.05, 3.63) is 89.5 Å². The summed E-state index contributed by atoms with van der Waals surface area (Å²) in [4.78, 5) is 17.7. The van der Waals surface area contributed by atoms with Gasteiger partial charge in [-0.25, -0.2) is 4.98 Å². The van der Waals surface area contributed by atoms with Crippen LogP contribution in [0.4, 0.5) is 17.6 Å². The Labute approximate surface area is 246 Å². The smallest absolute Gasteiger partial charge is 0.393 e. The van der Waals surface area contributed by atoms with Crippen LogP contribution >= 0.6 is 0 Å². The summed E-state index contributed by atoms with van der Waals surface area (Å²) in [6, 6.07) is 16.1. The summed E-state index contributed by atoms with van der Waals surface area (Å²) in [7, 11) is 1.65. The first-order valence-corrected chi connectivity index (χ1v) is 13.8. The van der Waals surface area contributed by atoms with Gasteiger partial charge in [0.15, 0.2) is 0 Å². The topological polar surface area (TPSA) is 103 Å². The number of benzene rings is 2. The summed E-state index contributed by atoms with van der Waals surface area (Å²) in [6.07, 6.45) is -3.27. The van der Waals surface area contributed by atoms with E-state index in [4.69, 9.17) is 9.84 Å². The molecule has 4 rings (SSSR count). The van der Waals surface area contributed by atoms with E-state index >= 15 is 0 Å². The van der Waals surface area contributed by atoms with Crippen molar-refractivity contribution in [1.82, 2.24) is 25.4 Å². The molecule has 2 aromatic heterocycles. The Balaban J connectivity index is 1.52. The highest BCUT2D eigenvalue weighted by atomic mass is 19.4. The molecule has 0 radical (unpaired) electrons. The van der Waals surface area contributed by atoms with Gasteiger partial charge in [-0.1, -0.05) is 36.4 Å². The van der Waals surface area contributed by atoms with Crippen LogP contribution in [0.3, 0.4) is 0 Å². The van der Waals surface area contributed by atoms with Crippen molar-refractivity contribution in [1.29, 1.82) is 0 Å². The van der Waals surface area contributed by atoms with Crippen LogP contribution in [0, 0.1) is 5.95 Å². The standard InChI is InChI=1S/C31H33F4N5O3/c1-40(15-16-41)28(42)8-5-13-36-14-17-43-27-12-10-23(20-37-27)29(22-9-11-26-24(18-22)30(32)39-38-26)25(19-31(33,34)35)21-6-3-2-4-7-21/h2-4,6-7,9-12,18,20,36,41H,5,8,13-17,19H2,1H3,(H,38,39)/b29-25-. The molecule has 1 amide bonds. The predicted octanol–water partition coefficient (Wildman–Crippen LogP) is 5.21. The summed E-state index contributed by atoms with van der Waals surface area (Å²) in [5, 5.41) is 18.4. The molecule has 0 atom stereocenters. The lowest BCUT2D eigenvalue weighted by Gasteiger charge is -2.19. The number of fused-ring (bicyclic) bond motifs is 1. The molecule has 0 saturated heterocycles. The highest BCUT2D eigenvalue weighted by Gasteiger charge is 2.31. The van der Waals surface area contributed by atoms with Gasteiger partial charge in [-0.2, -0.15) is 22.7 Å². The lowest BCUT2D eigenvalue weighted by Crippen LogP contribution is -2.30. The molecular formula is C31H33F4N5O3. The summed E-state index contributed by atoms with van der Waals surface area (Å²) in [5.74, 6) is -0.422. The second-order valence-electron chi connectivity index (χ2n) is 9.91. The molecule has 228 valence electrons. The Hall–Kier alpha value is -4.29. The Morgan fingerprint density at radius 3 is 2.51 bits per heavy atom. The number of likely N-dealkylation sites (N-methyl/N-ethyl adjacent to an activating group) is 1. The number of rotatable bonds is 14. The molecule has 0 bridgehead atoms. The minimum atomic E-state index is -4.51. The third-order valence-corrected chi connectivity index (χ3v) is 6.76. The van der Waals surface area contributed by atoms with E-state index in [9.17, 15) is 22.4 Å². The molecule has 43 heavy (non-hydrogen) atoms. The molecule has 0 unspecified atom stereocenters. The normalized spacial score (nSPS) is 12.3. The molecule has 0 fully saturated rings. The van der Waals surface area contributed by atoms with E-state index in [0.29, 0.717) is 60.6 Å². The molecule has 8 nitrogen and oxygen atoms in total. The number of hydrogen-bond acceptors (Lipinski definition) is 6. The molecule has 2 heterocycles. The first kappa shape index (κ1) is 31.6. The highest BCUT2D eigenvalue weighted by Crippen LogP contribution is 2.40. The molecule has 0 spiro atoms. The number of carbonyl (C=O) groups excluding carboxylic acids is 1. The van der Waals surface area contributed by atoms with E-state index in [-0.39, 0.29) is 35.7 Å². The maximum Gasteiger partial charge on any atom is 0.393 e. The van der Waals surface area contributed by atoms with Crippen LogP contribution in [0.25, 0.3) is 22.0 Å². The molecule has 4 aromatic rings. The number of aliphatic hydroxyl groups excluding tert-OH is 1. The average Bonchev–Trinajstić information content (AvgIpc) is 3.36. The van der Waals surface area contributed by atoms with Gasteiger partial charge in [-0.05, 0) is 53.4 Å². The fourth-order valence-electron chi connectivity index (χ4n) is 4.62. The van der Waals surface area contributed by atoms with Crippen molar-refractivity contribution >= 4 is 28.0 Å². The zero-order valence-corrected chi connectivity index (χ0v) is 23.6. The highest BCUT2D eigenvalue weighted by molar-refractivity contribution is 6.00. The number of aliphatic hydroxyl groups is 1. The van der Waals surface area contributed by atoms with E-state index in [2.05, 4.69) is 20.5 Å². The predicted molar refractivity (Wildman–Crippen MR) is 156 cm³/mol. The van der Waals surface area contributed by atoms with Gasteiger partial charge in [0.25, 0.3) is 0 Å². The van der Waals surface area contributed by atoms with E-state index in [1.165, 1.54) is 17.2 Å². The number of aromatic amines is 1. The molecule has 0 saturated carbocycles. The van der Waals surface area contributed by atoms with Crippen LogP contribution < -0.4 is 10.1 Å².